The third kappa shape index (κ3) is 4.38. The van der Waals surface area contributed by atoms with Crippen LogP contribution in [0.25, 0.3) is 0 Å². The molecule has 0 saturated carbocycles. The van der Waals surface area contributed by atoms with Gasteiger partial charge in [0.05, 0.1) is 0 Å². The first-order chi connectivity index (χ1) is 4.88. The van der Waals surface area contributed by atoms with E-state index in [1.165, 1.54) is 5.57 Å². The molecule has 0 aliphatic heterocycles. The largest absolute Gasteiger partial charge is 0.425 e. The average Bonchev–Trinajstić information content (AvgIpc) is 1.85. The van der Waals surface area contributed by atoms with Gasteiger partial charge in [-0.05, 0) is 18.8 Å². The van der Waals surface area contributed by atoms with Crippen LogP contribution in [-0.2, 0) is 4.43 Å². The Labute approximate surface area is 73.4 Å². The van der Waals surface area contributed by atoms with Crippen LogP contribution in [0.5, 0.6) is 0 Å². The van der Waals surface area contributed by atoms with E-state index in [2.05, 4.69) is 34.3 Å². The highest BCUT2D eigenvalue weighted by molar-refractivity contribution is 5.98. The molecule has 0 spiro atoms. The standard InChI is InChI=1S/C9H20OSi/c1-7(9(3,4)5)6-8(2)10-11/h8H,1,6H2,2-5,11H3. The molecule has 11 heavy (non-hydrogen) atoms. The average molecular weight is 172 g/mol. The van der Waals surface area contributed by atoms with Crippen molar-refractivity contribution in [1.82, 2.24) is 0 Å². The van der Waals surface area contributed by atoms with Crippen molar-refractivity contribution in [2.24, 2.45) is 5.41 Å². The Morgan fingerprint density at radius 2 is 2.00 bits per heavy atom. The lowest BCUT2D eigenvalue weighted by Gasteiger charge is -2.24. The highest BCUT2D eigenvalue weighted by atomic mass is 28.2. The van der Waals surface area contributed by atoms with Gasteiger partial charge in [-0.25, -0.2) is 0 Å². The van der Waals surface area contributed by atoms with Crippen molar-refractivity contribution in [2.75, 3.05) is 0 Å². The molecule has 0 bridgehead atoms. The van der Waals surface area contributed by atoms with Gasteiger partial charge in [0.25, 0.3) is 0 Å². The van der Waals surface area contributed by atoms with E-state index in [0.29, 0.717) is 6.10 Å². The molecule has 0 aliphatic rings. The third-order valence-electron chi connectivity index (χ3n) is 2.00. The summed E-state index contributed by atoms with van der Waals surface area (Å²) in [6.45, 7) is 12.7. The maximum absolute atomic E-state index is 5.29. The van der Waals surface area contributed by atoms with Crippen molar-refractivity contribution in [3.8, 4) is 0 Å². The van der Waals surface area contributed by atoms with Crippen LogP contribution in [0.2, 0.25) is 0 Å². The summed E-state index contributed by atoms with van der Waals surface area (Å²) in [6.07, 6.45) is 1.35. The topological polar surface area (TPSA) is 9.23 Å². The zero-order valence-electron chi connectivity index (χ0n) is 8.40. The highest BCUT2D eigenvalue weighted by Gasteiger charge is 2.16. The predicted molar refractivity (Wildman–Crippen MR) is 53.7 cm³/mol. The van der Waals surface area contributed by atoms with E-state index in [1.54, 1.807) is 0 Å². The molecule has 1 atom stereocenters. The van der Waals surface area contributed by atoms with Crippen molar-refractivity contribution in [3.05, 3.63) is 12.2 Å². The first kappa shape index (κ1) is 10.9. The summed E-state index contributed by atoms with van der Waals surface area (Å²) < 4.78 is 5.29. The molecule has 1 unspecified atom stereocenters. The molecule has 0 N–H and O–H groups in total. The van der Waals surface area contributed by atoms with E-state index in [-0.39, 0.29) is 5.41 Å². The molecule has 0 aliphatic carbocycles. The van der Waals surface area contributed by atoms with Crippen molar-refractivity contribution < 1.29 is 4.43 Å². The minimum atomic E-state index is 0.231. The van der Waals surface area contributed by atoms with Crippen molar-refractivity contribution in [2.45, 2.75) is 40.2 Å². The number of hydrogen-bond donors (Lipinski definition) is 0. The second-order valence-corrected chi connectivity index (χ2v) is 4.58. The highest BCUT2D eigenvalue weighted by Crippen LogP contribution is 2.27. The van der Waals surface area contributed by atoms with Gasteiger partial charge in [-0.2, -0.15) is 0 Å². The molecule has 0 fully saturated rings. The summed E-state index contributed by atoms with van der Waals surface area (Å²) >= 11 is 0. The van der Waals surface area contributed by atoms with Crippen molar-refractivity contribution in [1.29, 1.82) is 0 Å². The smallest absolute Gasteiger partial charge is 0.146 e. The van der Waals surface area contributed by atoms with Crippen LogP contribution in [0.4, 0.5) is 0 Å². The summed E-state index contributed by atoms with van der Waals surface area (Å²) in [5.74, 6) is 0. The van der Waals surface area contributed by atoms with Crippen LogP contribution in [0.1, 0.15) is 34.1 Å². The molecular formula is C9H20OSi. The number of rotatable bonds is 3. The van der Waals surface area contributed by atoms with Crippen molar-refractivity contribution in [3.63, 3.8) is 0 Å². The zero-order valence-corrected chi connectivity index (χ0v) is 10.4. The Morgan fingerprint density at radius 3 is 2.27 bits per heavy atom. The van der Waals surface area contributed by atoms with Gasteiger partial charge in [-0.3, -0.25) is 0 Å². The van der Waals surface area contributed by atoms with Gasteiger partial charge in [-0.15, -0.1) is 0 Å². The monoisotopic (exact) mass is 172 g/mol. The summed E-state index contributed by atoms with van der Waals surface area (Å²) in [7, 11) is 0.824. The molecular weight excluding hydrogens is 152 g/mol. The van der Waals surface area contributed by atoms with Crippen LogP contribution < -0.4 is 0 Å². The Kier molecular flexibility index (Phi) is 4.04. The fourth-order valence-corrected chi connectivity index (χ4v) is 0.903. The van der Waals surface area contributed by atoms with Gasteiger partial charge in [0.15, 0.2) is 0 Å². The normalized spacial score (nSPS) is 14.9. The van der Waals surface area contributed by atoms with E-state index in [9.17, 15) is 0 Å². The van der Waals surface area contributed by atoms with E-state index < -0.39 is 0 Å². The lowest BCUT2D eigenvalue weighted by atomic mass is 9.85. The van der Waals surface area contributed by atoms with E-state index in [1.807, 2.05) is 0 Å². The van der Waals surface area contributed by atoms with Gasteiger partial charge in [0.1, 0.15) is 10.5 Å². The molecule has 0 heterocycles. The second kappa shape index (κ2) is 4.07. The predicted octanol–water partition coefficient (Wildman–Crippen LogP) is 1.66. The van der Waals surface area contributed by atoms with Crippen LogP contribution in [0, 0.1) is 5.41 Å². The molecule has 0 aromatic rings. The van der Waals surface area contributed by atoms with Crippen LogP contribution in [0.3, 0.4) is 0 Å². The van der Waals surface area contributed by atoms with Crippen LogP contribution >= 0.6 is 0 Å². The molecule has 0 aromatic carbocycles. The SMILES string of the molecule is C=C(CC(C)O[SiH3])C(C)(C)C. The molecule has 2 heteroatoms. The molecule has 0 aromatic heterocycles. The zero-order chi connectivity index (χ0) is 9.07. The van der Waals surface area contributed by atoms with Crippen LogP contribution in [-0.4, -0.2) is 16.6 Å². The molecule has 0 saturated heterocycles. The molecule has 0 radical (unpaired) electrons. The summed E-state index contributed by atoms with van der Waals surface area (Å²) in [5, 5.41) is 0. The Hall–Kier alpha value is -0.0831. The van der Waals surface area contributed by atoms with Gasteiger partial charge in [-0.1, -0.05) is 32.9 Å². The van der Waals surface area contributed by atoms with Crippen LogP contribution in [0.15, 0.2) is 12.2 Å². The molecule has 66 valence electrons. The fourth-order valence-electron chi connectivity index (χ4n) is 0.737. The molecule has 1 nitrogen and oxygen atoms in total. The van der Waals surface area contributed by atoms with Gasteiger partial charge in [0, 0.05) is 6.10 Å². The van der Waals surface area contributed by atoms with E-state index >= 15 is 0 Å². The minimum Gasteiger partial charge on any atom is -0.425 e. The maximum Gasteiger partial charge on any atom is 0.146 e. The van der Waals surface area contributed by atoms with E-state index in [0.717, 1.165) is 16.9 Å². The lowest BCUT2D eigenvalue weighted by Crippen LogP contribution is -2.15. The quantitative estimate of drug-likeness (QED) is 0.465. The third-order valence-corrected chi connectivity index (χ3v) is 2.80. The van der Waals surface area contributed by atoms with E-state index in [4.69, 9.17) is 4.43 Å². The summed E-state index contributed by atoms with van der Waals surface area (Å²) in [6, 6.07) is 0. The first-order valence-corrected chi connectivity index (χ1v) is 4.90. The summed E-state index contributed by atoms with van der Waals surface area (Å²) in [4.78, 5) is 0. The minimum absolute atomic E-state index is 0.231. The lowest BCUT2D eigenvalue weighted by molar-refractivity contribution is 0.234. The van der Waals surface area contributed by atoms with Crippen molar-refractivity contribution >= 4 is 10.5 Å². The van der Waals surface area contributed by atoms with Gasteiger partial charge in [0.2, 0.25) is 0 Å². The Balaban J connectivity index is 3.88. The Bertz CT molecular complexity index is 135. The second-order valence-electron chi connectivity index (χ2n) is 4.10. The first-order valence-electron chi connectivity index (χ1n) is 4.09. The maximum atomic E-state index is 5.29. The Morgan fingerprint density at radius 1 is 1.55 bits per heavy atom. The molecule has 0 amide bonds. The van der Waals surface area contributed by atoms with Gasteiger partial charge < -0.3 is 4.43 Å². The van der Waals surface area contributed by atoms with Gasteiger partial charge >= 0.3 is 0 Å². The number of hydrogen-bond acceptors (Lipinski definition) is 1. The molecule has 0 rings (SSSR count). The fraction of sp³-hybridized carbons (Fsp3) is 0.778. The summed E-state index contributed by atoms with van der Waals surface area (Å²) in [5.41, 5.74) is 1.51.